The molecule has 2 saturated heterocycles. The van der Waals surface area contributed by atoms with E-state index in [1.165, 1.54) is 0 Å². The van der Waals surface area contributed by atoms with Crippen molar-refractivity contribution in [3.63, 3.8) is 0 Å². The molecule has 30 heavy (non-hydrogen) atoms. The van der Waals surface area contributed by atoms with Crippen LogP contribution in [0.4, 0.5) is 5.82 Å². The van der Waals surface area contributed by atoms with Gasteiger partial charge in [0.2, 0.25) is 0 Å². The first kappa shape index (κ1) is 19.8. The van der Waals surface area contributed by atoms with Gasteiger partial charge in [-0.3, -0.25) is 0 Å². The van der Waals surface area contributed by atoms with Gasteiger partial charge in [-0.1, -0.05) is 0 Å². The molecule has 9 heteroatoms. The van der Waals surface area contributed by atoms with Gasteiger partial charge in [0.15, 0.2) is 11.5 Å². The molecule has 0 radical (unpaired) electrons. The van der Waals surface area contributed by atoms with Crippen molar-refractivity contribution < 1.29 is 13.7 Å². The van der Waals surface area contributed by atoms with Crippen LogP contribution in [0, 0.1) is 10.2 Å². The summed E-state index contributed by atoms with van der Waals surface area (Å²) in [6.07, 6.45) is 6.61. The Bertz CT molecular complexity index is 1060. The van der Waals surface area contributed by atoms with Crippen LogP contribution in [0.2, 0.25) is 0 Å². The Morgan fingerprint density at radius 2 is 1.73 bits per heavy atom. The van der Waals surface area contributed by atoms with Gasteiger partial charge in [0.05, 0.1) is 25.0 Å². The van der Waals surface area contributed by atoms with E-state index < -0.39 is 9.92 Å². The summed E-state index contributed by atoms with van der Waals surface area (Å²) in [5, 5.41) is 1.06. The van der Waals surface area contributed by atoms with Crippen molar-refractivity contribution >= 4 is 26.6 Å². The van der Waals surface area contributed by atoms with Crippen LogP contribution in [0.25, 0.3) is 10.9 Å². The minimum absolute atomic E-state index is 0.104. The van der Waals surface area contributed by atoms with E-state index >= 15 is 0 Å². The van der Waals surface area contributed by atoms with Crippen molar-refractivity contribution in [2.75, 3.05) is 45.3 Å². The molecular formula is C21H29N5O3S. The molecule has 0 unspecified atom stereocenters. The molecule has 3 fully saturated rings. The Labute approximate surface area is 177 Å². The first-order valence-electron chi connectivity index (χ1n) is 10.6. The summed E-state index contributed by atoms with van der Waals surface area (Å²) >= 11 is 0. The molecule has 1 aromatic heterocycles. The molecule has 1 aliphatic carbocycles. The highest BCUT2D eigenvalue weighted by Gasteiger charge is 2.46. The largest absolute Gasteiger partial charge is 0.493 e. The van der Waals surface area contributed by atoms with Crippen molar-refractivity contribution in [2.24, 2.45) is 5.41 Å². The summed E-state index contributed by atoms with van der Waals surface area (Å²) in [6.45, 7) is 3.40. The number of nitrogens with one attached hydrogen (secondary N) is 1. The van der Waals surface area contributed by atoms with E-state index in [-0.39, 0.29) is 10.7 Å². The van der Waals surface area contributed by atoms with E-state index in [2.05, 4.69) is 14.9 Å². The minimum Gasteiger partial charge on any atom is -0.493 e. The molecule has 2 aromatic rings. The second-order valence-electron chi connectivity index (χ2n) is 8.79. The van der Waals surface area contributed by atoms with Gasteiger partial charge >= 0.3 is 0 Å². The lowest BCUT2D eigenvalue weighted by atomic mass is 9.78. The van der Waals surface area contributed by atoms with Crippen molar-refractivity contribution in [3.05, 3.63) is 18.5 Å². The van der Waals surface area contributed by atoms with Crippen LogP contribution in [0.3, 0.4) is 0 Å². The first-order valence-corrected chi connectivity index (χ1v) is 12.2. The summed E-state index contributed by atoms with van der Waals surface area (Å²) in [6, 6.07) is 3.85. The Morgan fingerprint density at radius 1 is 1.07 bits per heavy atom. The summed E-state index contributed by atoms with van der Waals surface area (Å²) in [7, 11) is 0.682. The number of benzene rings is 1. The Morgan fingerprint density at radius 3 is 2.40 bits per heavy atom. The van der Waals surface area contributed by atoms with Crippen LogP contribution in [0.1, 0.15) is 32.1 Å². The third-order valence-electron chi connectivity index (χ3n) is 7.01. The number of nitrogens with zero attached hydrogens (tertiary/aromatic N) is 4. The smallest absolute Gasteiger partial charge is 0.162 e. The number of hydrogen-bond donors (Lipinski definition) is 1. The zero-order chi connectivity index (χ0) is 20.9. The van der Waals surface area contributed by atoms with E-state index in [1.54, 1.807) is 20.5 Å². The van der Waals surface area contributed by atoms with Crippen LogP contribution < -0.4 is 14.4 Å². The number of aromatic nitrogens is 2. The molecular weight excluding hydrogens is 402 g/mol. The van der Waals surface area contributed by atoms with Crippen LogP contribution in [0.15, 0.2) is 18.5 Å². The second kappa shape index (κ2) is 7.23. The fraction of sp³-hybridized carbons (Fsp3) is 0.619. The van der Waals surface area contributed by atoms with E-state index in [0.717, 1.165) is 75.0 Å². The number of piperidine rings is 1. The number of anilines is 1. The fourth-order valence-corrected chi connectivity index (χ4v) is 6.97. The standard InChI is InChI=1S/C21H29N5O3S/c1-28-18-11-16-17(12-19(18)29-2)23-14-24-20(16)25-8-5-21(6-9-25)7-10-26(13-21)30(22,27)15-3-4-15/h11-12,14-15,22H,3-10,13H2,1-2H3/t30-/m0/s1. The molecule has 2 aliphatic heterocycles. The zero-order valence-electron chi connectivity index (χ0n) is 17.6. The van der Waals surface area contributed by atoms with Crippen LogP contribution in [0.5, 0.6) is 11.5 Å². The van der Waals surface area contributed by atoms with Gasteiger partial charge in [0.25, 0.3) is 0 Å². The predicted molar refractivity (Wildman–Crippen MR) is 117 cm³/mol. The molecule has 1 aromatic carbocycles. The molecule has 1 saturated carbocycles. The number of hydrogen-bond acceptors (Lipinski definition) is 7. The molecule has 0 amide bonds. The van der Waals surface area contributed by atoms with Gasteiger partial charge in [-0.15, -0.1) is 0 Å². The average Bonchev–Trinajstić information content (AvgIpc) is 3.55. The normalized spacial score (nSPS) is 23.6. The molecule has 162 valence electrons. The molecule has 3 heterocycles. The van der Waals surface area contributed by atoms with Crippen molar-refractivity contribution in [1.82, 2.24) is 14.3 Å². The molecule has 5 rings (SSSR count). The maximum atomic E-state index is 12.9. The molecule has 1 atom stereocenters. The maximum Gasteiger partial charge on any atom is 0.162 e. The predicted octanol–water partition coefficient (Wildman–Crippen LogP) is 3.06. The van der Waals surface area contributed by atoms with Gasteiger partial charge in [-0.25, -0.2) is 23.3 Å². The van der Waals surface area contributed by atoms with Crippen molar-refractivity contribution in [1.29, 1.82) is 4.78 Å². The second-order valence-corrected chi connectivity index (χ2v) is 11.1. The number of methoxy groups -OCH3 is 2. The molecule has 8 nitrogen and oxygen atoms in total. The summed E-state index contributed by atoms with van der Waals surface area (Å²) < 4.78 is 34.1. The van der Waals surface area contributed by atoms with Gasteiger partial charge in [0, 0.05) is 37.6 Å². The highest BCUT2D eigenvalue weighted by atomic mass is 32.2. The number of ether oxygens (including phenoxy) is 2. The lowest BCUT2D eigenvalue weighted by Crippen LogP contribution is -2.43. The van der Waals surface area contributed by atoms with Crippen molar-refractivity contribution in [2.45, 2.75) is 37.4 Å². The topological polar surface area (TPSA) is 91.6 Å². The summed E-state index contributed by atoms with van der Waals surface area (Å²) in [5.41, 5.74) is 1.02. The Kier molecular flexibility index (Phi) is 4.77. The third kappa shape index (κ3) is 3.28. The Hall–Kier alpha value is -2.13. The summed E-state index contributed by atoms with van der Waals surface area (Å²) in [4.78, 5) is 11.3. The van der Waals surface area contributed by atoms with Gasteiger partial charge in [-0.2, -0.15) is 0 Å². The monoisotopic (exact) mass is 431 g/mol. The van der Waals surface area contributed by atoms with E-state index in [4.69, 9.17) is 14.3 Å². The van der Waals surface area contributed by atoms with Crippen LogP contribution in [-0.4, -0.2) is 64.1 Å². The lowest BCUT2D eigenvalue weighted by Gasteiger charge is -2.40. The van der Waals surface area contributed by atoms with Crippen molar-refractivity contribution in [3.8, 4) is 11.5 Å². The minimum atomic E-state index is -2.58. The van der Waals surface area contributed by atoms with Crippen LogP contribution >= 0.6 is 0 Å². The van der Waals surface area contributed by atoms with Gasteiger partial charge in [-0.05, 0) is 43.6 Å². The molecule has 0 bridgehead atoms. The number of fused-ring (bicyclic) bond motifs is 1. The van der Waals surface area contributed by atoms with E-state index in [1.807, 2.05) is 16.4 Å². The first-order chi connectivity index (χ1) is 14.5. The number of rotatable bonds is 5. The van der Waals surface area contributed by atoms with E-state index in [9.17, 15) is 4.21 Å². The Balaban J connectivity index is 1.35. The average molecular weight is 432 g/mol. The lowest BCUT2D eigenvalue weighted by molar-refractivity contribution is 0.235. The molecule has 1 N–H and O–H groups in total. The van der Waals surface area contributed by atoms with Crippen LogP contribution in [-0.2, 0) is 9.92 Å². The highest BCUT2D eigenvalue weighted by molar-refractivity contribution is 7.91. The fourth-order valence-electron chi connectivity index (χ4n) is 4.95. The highest BCUT2D eigenvalue weighted by Crippen LogP contribution is 2.45. The molecule has 1 spiro atoms. The third-order valence-corrected chi connectivity index (χ3v) is 9.46. The SMILES string of the molecule is COc1cc2ncnc(N3CCC4(CC3)CCN([S@](=N)(=O)C3CC3)C4)c2cc1OC. The zero-order valence-corrected chi connectivity index (χ0v) is 18.4. The quantitative estimate of drug-likeness (QED) is 0.782. The van der Waals surface area contributed by atoms with Gasteiger partial charge in [0.1, 0.15) is 22.1 Å². The van der Waals surface area contributed by atoms with Gasteiger partial charge < -0.3 is 14.4 Å². The van der Waals surface area contributed by atoms with E-state index in [0.29, 0.717) is 11.5 Å². The summed E-state index contributed by atoms with van der Waals surface area (Å²) in [5.74, 6) is 2.26. The maximum absolute atomic E-state index is 12.9. The molecule has 3 aliphatic rings.